The number of pyridine rings is 1. The first-order valence-electron chi connectivity index (χ1n) is 8.82. The van der Waals surface area contributed by atoms with Crippen molar-refractivity contribution in [2.75, 3.05) is 11.9 Å². The Morgan fingerprint density at radius 2 is 2.08 bits per heavy atom. The minimum Gasteiger partial charge on any atom is -0.338 e. The molecule has 3 aromatic heterocycles. The number of anilines is 1. The quantitative estimate of drug-likeness (QED) is 0.736. The van der Waals surface area contributed by atoms with Crippen LogP contribution in [0.1, 0.15) is 32.7 Å². The van der Waals surface area contributed by atoms with Crippen molar-refractivity contribution < 1.29 is 4.79 Å². The SMILES string of the molecule is CC(C)n1ccc(-c2cnc3ccc(NC(=O)NCC4CC4)nc3n2)n1. The Morgan fingerprint density at radius 3 is 2.81 bits per heavy atom. The van der Waals surface area contributed by atoms with Crippen LogP contribution in [0.5, 0.6) is 0 Å². The van der Waals surface area contributed by atoms with Crippen LogP contribution in [0.15, 0.2) is 30.6 Å². The molecule has 3 heterocycles. The van der Waals surface area contributed by atoms with E-state index in [1.54, 1.807) is 18.3 Å². The van der Waals surface area contributed by atoms with Gasteiger partial charge in [-0.05, 0) is 50.8 Å². The maximum absolute atomic E-state index is 11.9. The molecule has 2 N–H and O–H groups in total. The molecule has 4 rings (SSSR count). The molecule has 0 saturated heterocycles. The Morgan fingerprint density at radius 1 is 1.23 bits per heavy atom. The average Bonchev–Trinajstić information content (AvgIpc) is 3.32. The van der Waals surface area contributed by atoms with E-state index >= 15 is 0 Å². The summed E-state index contributed by atoms with van der Waals surface area (Å²) in [5.74, 6) is 1.08. The lowest BCUT2D eigenvalue weighted by molar-refractivity contribution is 0.251. The van der Waals surface area contributed by atoms with E-state index in [4.69, 9.17) is 0 Å². The molecule has 26 heavy (non-hydrogen) atoms. The van der Waals surface area contributed by atoms with E-state index in [2.05, 4.69) is 44.5 Å². The monoisotopic (exact) mass is 351 g/mol. The highest BCUT2D eigenvalue weighted by Gasteiger charge is 2.21. The second-order valence-corrected chi connectivity index (χ2v) is 6.85. The molecule has 1 aliphatic rings. The van der Waals surface area contributed by atoms with E-state index in [0.29, 0.717) is 35.1 Å². The summed E-state index contributed by atoms with van der Waals surface area (Å²) in [6, 6.07) is 5.45. The number of fused-ring (bicyclic) bond motifs is 1. The molecule has 0 radical (unpaired) electrons. The van der Waals surface area contributed by atoms with Gasteiger partial charge in [0, 0.05) is 18.8 Å². The molecule has 0 aromatic carbocycles. The van der Waals surface area contributed by atoms with Crippen LogP contribution in [0.3, 0.4) is 0 Å². The number of hydrogen-bond acceptors (Lipinski definition) is 5. The van der Waals surface area contributed by atoms with Crippen LogP contribution in [-0.2, 0) is 0 Å². The van der Waals surface area contributed by atoms with Crippen molar-refractivity contribution in [2.24, 2.45) is 5.92 Å². The summed E-state index contributed by atoms with van der Waals surface area (Å²) < 4.78 is 1.87. The molecule has 0 unspecified atom stereocenters. The molecule has 8 nitrogen and oxygen atoms in total. The van der Waals surface area contributed by atoms with Gasteiger partial charge in [-0.15, -0.1) is 0 Å². The maximum Gasteiger partial charge on any atom is 0.320 e. The van der Waals surface area contributed by atoms with Gasteiger partial charge in [-0.25, -0.2) is 14.8 Å². The number of amides is 2. The number of nitrogens with one attached hydrogen (secondary N) is 2. The lowest BCUT2D eigenvalue weighted by Crippen LogP contribution is -2.30. The van der Waals surface area contributed by atoms with Crippen LogP contribution in [0.2, 0.25) is 0 Å². The van der Waals surface area contributed by atoms with Crippen LogP contribution in [0, 0.1) is 5.92 Å². The summed E-state index contributed by atoms with van der Waals surface area (Å²) in [7, 11) is 0. The lowest BCUT2D eigenvalue weighted by Gasteiger charge is -2.07. The minimum absolute atomic E-state index is 0.247. The highest BCUT2D eigenvalue weighted by molar-refractivity contribution is 5.89. The number of carbonyl (C=O) groups excluding carboxylic acids is 1. The van der Waals surface area contributed by atoms with Crippen molar-refractivity contribution in [3.8, 4) is 11.4 Å². The fraction of sp³-hybridized carbons (Fsp3) is 0.389. The van der Waals surface area contributed by atoms with Gasteiger partial charge >= 0.3 is 6.03 Å². The number of urea groups is 1. The predicted octanol–water partition coefficient (Wildman–Crippen LogP) is 3.00. The lowest BCUT2D eigenvalue weighted by atomic mass is 10.3. The molecular formula is C18H21N7O. The summed E-state index contributed by atoms with van der Waals surface area (Å²) >= 11 is 0. The zero-order chi connectivity index (χ0) is 18.1. The average molecular weight is 351 g/mol. The van der Waals surface area contributed by atoms with Crippen molar-refractivity contribution in [2.45, 2.75) is 32.7 Å². The standard InChI is InChI=1S/C18H21N7O/c1-11(2)25-8-7-13(24-25)15-10-19-14-5-6-16(22-17(14)21-15)23-18(26)20-9-12-3-4-12/h5-8,10-12H,3-4,9H2,1-2H3,(H2,20,21,22,23,26). The highest BCUT2D eigenvalue weighted by atomic mass is 16.2. The Balaban J connectivity index is 1.54. The normalized spacial score (nSPS) is 14.0. The molecule has 0 atom stereocenters. The maximum atomic E-state index is 11.9. The minimum atomic E-state index is -0.247. The third-order valence-electron chi connectivity index (χ3n) is 4.30. The van der Waals surface area contributed by atoms with Crippen LogP contribution in [0.25, 0.3) is 22.6 Å². The van der Waals surface area contributed by atoms with Gasteiger partial charge in [-0.3, -0.25) is 15.0 Å². The molecule has 1 fully saturated rings. The second-order valence-electron chi connectivity index (χ2n) is 6.85. The van der Waals surface area contributed by atoms with Crippen LogP contribution < -0.4 is 10.6 Å². The van der Waals surface area contributed by atoms with Gasteiger partial charge in [0.15, 0.2) is 5.65 Å². The molecule has 2 amide bonds. The van der Waals surface area contributed by atoms with Crippen molar-refractivity contribution in [3.63, 3.8) is 0 Å². The third-order valence-corrected chi connectivity index (χ3v) is 4.30. The Bertz CT molecular complexity index is 946. The first-order chi connectivity index (χ1) is 12.6. The number of nitrogens with zero attached hydrogens (tertiary/aromatic N) is 5. The van der Waals surface area contributed by atoms with E-state index in [1.165, 1.54) is 12.8 Å². The molecular weight excluding hydrogens is 330 g/mol. The zero-order valence-electron chi connectivity index (χ0n) is 14.8. The molecule has 134 valence electrons. The van der Waals surface area contributed by atoms with Crippen molar-refractivity contribution >= 4 is 23.0 Å². The van der Waals surface area contributed by atoms with Crippen molar-refractivity contribution in [3.05, 3.63) is 30.6 Å². The van der Waals surface area contributed by atoms with Gasteiger partial charge in [-0.1, -0.05) is 0 Å². The van der Waals surface area contributed by atoms with Crippen LogP contribution >= 0.6 is 0 Å². The Hall–Kier alpha value is -3.03. The number of rotatable bonds is 5. The van der Waals surface area contributed by atoms with Gasteiger partial charge in [0.25, 0.3) is 0 Å². The van der Waals surface area contributed by atoms with Gasteiger partial charge in [0.1, 0.15) is 22.7 Å². The third kappa shape index (κ3) is 3.63. The first-order valence-corrected chi connectivity index (χ1v) is 8.82. The summed E-state index contributed by atoms with van der Waals surface area (Å²) in [5, 5.41) is 10.1. The van der Waals surface area contributed by atoms with Gasteiger partial charge < -0.3 is 5.32 Å². The molecule has 0 bridgehead atoms. The van der Waals surface area contributed by atoms with Crippen molar-refractivity contribution in [1.82, 2.24) is 30.0 Å². The predicted molar refractivity (Wildman–Crippen MR) is 98.7 cm³/mol. The molecule has 3 aromatic rings. The summed E-state index contributed by atoms with van der Waals surface area (Å²) in [6.45, 7) is 4.84. The molecule has 8 heteroatoms. The smallest absolute Gasteiger partial charge is 0.320 e. The largest absolute Gasteiger partial charge is 0.338 e. The van der Waals surface area contributed by atoms with E-state index in [1.807, 2.05) is 16.9 Å². The van der Waals surface area contributed by atoms with Crippen LogP contribution in [0.4, 0.5) is 10.6 Å². The van der Waals surface area contributed by atoms with Gasteiger partial charge in [-0.2, -0.15) is 5.10 Å². The highest BCUT2D eigenvalue weighted by Crippen LogP contribution is 2.27. The Kier molecular flexibility index (Phi) is 4.24. The summed E-state index contributed by atoms with van der Waals surface area (Å²) in [5.41, 5.74) is 2.54. The van der Waals surface area contributed by atoms with Crippen LogP contribution in [-0.4, -0.2) is 37.3 Å². The fourth-order valence-corrected chi connectivity index (χ4v) is 2.57. The molecule has 1 saturated carbocycles. The number of hydrogen-bond donors (Lipinski definition) is 2. The summed E-state index contributed by atoms with van der Waals surface area (Å²) in [6.07, 6.45) is 5.99. The Labute approximate surface area is 151 Å². The van der Waals surface area contributed by atoms with Gasteiger partial charge in [0.2, 0.25) is 0 Å². The second kappa shape index (κ2) is 6.70. The molecule has 0 spiro atoms. The topological polar surface area (TPSA) is 97.6 Å². The van der Waals surface area contributed by atoms with Gasteiger partial charge in [0.05, 0.1) is 6.20 Å². The van der Waals surface area contributed by atoms with E-state index in [-0.39, 0.29) is 12.1 Å². The number of carbonyl (C=O) groups is 1. The van der Waals surface area contributed by atoms with E-state index < -0.39 is 0 Å². The van der Waals surface area contributed by atoms with E-state index in [0.717, 1.165) is 5.69 Å². The first kappa shape index (κ1) is 16.4. The fourth-order valence-electron chi connectivity index (χ4n) is 2.57. The van der Waals surface area contributed by atoms with Crippen molar-refractivity contribution in [1.29, 1.82) is 0 Å². The zero-order valence-corrected chi connectivity index (χ0v) is 14.8. The molecule has 0 aliphatic heterocycles. The molecule has 1 aliphatic carbocycles. The number of aromatic nitrogens is 5. The summed E-state index contributed by atoms with van der Waals surface area (Å²) in [4.78, 5) is 25.3. The van der Waals surface area contributed by atoms with E-state index in [9.17, 15) is 4.79 Å².